The zero-order chi connectivity index (χ0) is 25.5. The molecule has 7 nitrogen and oxygen atoms in total. The van der Waals surface area contributed by atoms with Crippen molar-refractivity contribution in [3.8, 4) is 16.7 Å². The number of hydrogen-bond acceptors (Lipinski definition) is 8. The molecular formula is C24H21BrF2N2O5S. The van der Waals surface area contributed by atoms with Gasteiger partial charge < -0.3 is 20.0 Å². The van der Waals surface area contributed by atoms with Crippen LogP contribution in [0.5, 0.6) is 16.7 Å². The molecule has 1 aromatic carbocycles. The van der Waals surface area contributed by atoms with Gasteiger partial charge in [-0.05, 0) is 59.5 Å². The maximum atomic E-state index is 13.4. The van der Waals surface area contributed by atoms with E-state index in [0.717, 1.165) is 29.9 Å². The van der Waals surface area contributed by atoms with Gasteiger partial charge in [-0.15, -0.1) is 0 Å². The van der Waals surface area contributed by atoms with Gasteiger partial charge in [0, 0.05) is 25.1 Å². The van der Waals surface area contributed by atoms with Gasteiger partial charge in [0.25, 0.3) is 5.19 Å². The van der Waals surface area contributed by atoms with Crippen molar-refractivity contribution >= 4 is 39.1 Å². The average Bonchev–Trinajstić information content (AvgIpc) is 3.14. The Kier molecular flexibility index (Phi) is 9.07. The van der Waals surface area contributed by atoms with E-state index in [-0.39, 0.29) is 22.3 Å². The molecule has 11 heteroatoms. The number of aromatic nitrogens is 1. The molecule has 0 bridgehead atoms. The summed E-state index contributed by atoms with van der Waals surface area (Å²) in [4.78, 5) is 29.9. The Morgan fingerprint density at radius 3 is 2.74 bits per heavy atom. The highest BCUT2D eigenvalue weighted by Crippen LogP contribution is 2.34. The summed E-state index contributed by atoms with van der Waals surface area (Å²) in [7, 11) is 0. The summed E-state index contributed by atoms with van der Waals surface area (Å²) in [5, 5.41) is 10.4. The van der Waals surface area contributed by atoms with Gasteiger partial charge in [0.15, 0.2) is 17.4 Å². The Morgan fingerprint density at radius 2 is 2.06 bits per heavy atom. The summed E-state index contributed by atoms with van der Waals surface area (Å²) in [5.41, 5.74) is 4.12. The van der Waals surface area contributed by atoms with Crippen LogP contribution in [0, 0.1) is 11.6 Å². The number of hydrogen-bond donors (Lipinski definition) is 2. The molecule has 0 spiro atoms. The Balaban J connectivity index is 1.76. The van der Waals surface area contributed by atoms with Crippen LogP contribution in [0.3, 0.4) is 0 Å². The molecule has 0 amide bonds. The van der Waals surface area contributed by atoms with Crippen LogP contribution in [-0.2, 0) is 6.42 Å². The molecule has 0 aliphatic heterocycles. The zero-order valence-electron chi connectivity index (χ0n) is 18.5. The van der Waals surface area contributed by atoms with Crippen LogP contribution >= 0.6 is 27.3 Å². The molecule has 0 unspecified atom stereocenters. The van der Waals surface area contributed by atoms with E-state index in [9.17, 15) is 23.5 Å². The smallest absolute Gasteiger partial charge is 0.351 e. The van der Waals surface area contributed by atoms with E-state index >= 15 is 0 Å². The molecule has 0 aliphatic rings. The lowest BCUT2D eigenvalue weighted by Gasteiger charge is -2.05. The lowest BCUT2D eigenvalue weighted by Crippen LogP contribution is -2.16. The number of nitrogens with two attached hydrogens (primary N) is 1. The predicted molar refractivity (Wildman–Crippen MR) is 132 cm³/mol. The summed E-state index contributed by atoms with van der Waals surface area (Å²) in [5.74, 6) is -2.92. The fourth-order valence-corrected chi connectivity index (χ4v) is 4.46. The number of carbonyl (C=O) groups is 1. The Labute approximate surface area is 211 Å². The summed E-state index contributed by atoms with van der Waals surface area (Å²) in [6.07, 6.45) is 7.02. The van der Waals surface area contributed by atoms with Crippen molar-refractivity contribution in [1.82, 2.24) is 4.98 Å². The van der Waals surface area contributed by atoms with Gasteiger partial charge in [0.2, 0.25) is 0 Å². The second-order valence-corrected chi connectivity index (χ2v) is 9.07. The highest BCUT2D eigenvalue weighted by Gasteiger charge is 2.21. The number of allylic oxidation sites excluding steroid dienone is 2. The number of thiazole rings is 1. The average molecular weight is 567 g/mol. The molecule has 35 heavy (non-hydrogen) atoms. The fraction of sp³-hybridized carbons (Fsp3) is 0.208. The summed E-state index contributed by atoms with van der Waals surface area (Å²) in [6.45, 7) is 1.92. The number of ether oxygens (including phenoxy) is 1. The Morgan fingerprint density at radius 1 is 1.29 bits per heavy atom. The number of aryl methyl sites for hydroxylation is 1. The molecule has 2 aromatic heterocycles. The van der Waals surface area contributed by atoms with Crippen molar-refractivity contribution in [2.45, 2.75) is 26.2 Å². The van der Waals surface area contributed by atoms with Gasteiger partial charge >= 0.3 is 5.63 Å². The van der Waals surface area contributed by atoms with Crippen LogP contribution in [0.2, 0.25) is 0 Å². The van der Waals surface area contributed by atoms with Crippen LogP contribution in [0.1, 0.15) is 40.8 Å². The van der Waals surface area contributed by atoms with Crippen LogP contribution in [0.25, 0.3) is 6.08 Å². The Hall–Kier alpha value is -3.15. The number of nitrogens with zero attached hydrogens (tertiary/aromatic N) is 1. The summed E-state index contributed by atoms with van der Waals surface area (Å²) >= 11 is 4.28. The third-order valence-electron chi connectivity index (χ3n) is 4.70. The standard InChI is InChI=1S/C24H21BrF2N2O5S/c1-13(10-19-22(25)29-24(35-19)34-15-7-8-16(26)17(27)11-15)21(31)20-18(30)12-14(33-23(20)32)6-4-2-3-5-9-28/h3,5,7-8,10-12,30H,2,4,6,9,28H2,1H3/b5-3+,13-10+. The summed E-state index contributed by atoms with van der Waals surface area (Å²) < 4.78 is 37.5. The molecule has 2 heterocycles. The monoisotopic (exact) mass is 566 g/mol. The van der Waals surface area contributed by atoms with E-state index in [0.29, 0.717) is 28.9 Å². The number of halogens is 3. The zero-order valence-corrected chi connectivity index (χ0v) is 20.9. The minimum atomic E-state index is -1.06. The van der Waals surface area contributed by atoms with Crippen LogP contribution < -0.4 is 16.1 Å². The van der Waals surface area contributed by atoms with Crippen molar-refractivity contribution in [1.29, 1.82) is 0 Å². The van der Waals surface area contributed by atoms with Gasteiger partial charge in [-0.3, -0.25) is 4.79 Å². The lowest BCUT2D eigenvalue weighted by molar-refractivity contribution is 0.102. The molecule has 0 aliphatic carbocycles. The second-order valence-electron chi connectivity index (χ2n) is 7.33. The minimum Gasteiger partial charge on any atom is -0.507 e. The molecule has 3 N–H and O–H groups in total. The number of Topliss-reactive ketones (excluding diaryl/α,β-unsaturated/α-hetero) is 1. The first-order chi connectivity index (χ1) is 16.7. The van der Waals surface area contributed by atoms with Gasteiger partial charge in [0.1, 0.15) is 27.4 Å². The molecule has 3 rings (SSSR count). The lowest BCUT2D eigenvalue weighted by atomic mass is 10.0. The topological polar surface area (TPSA) is 116 Å². The predicted octanol–water partition coefficient (Wildman–Crippen LogP) is 5.76. The van der Waals surface area contributed by atoms with Crippen LogP contribution in [0.4, 0.5) is 8.78 Å². The Bertz CT molecular complexity index is 1350. The van der Waals surface area contributed by atoms with Gasteiger partial charge in [-0.2, -0.15) is 4.98 Å². The number of aromatic hydroxyl groups is 1. The highest BCUT2D eigenvalue weighted by atomic mass is 79.9. The first-order valence-electron chi connectivity index (χ1n) is 10.4. The largest absolute Gasteiger partial charge is 0.507 e. The minimum absolute atomic E-state index is 0.0477. The number of rotatable bonds is 10. The third kappa shape index (κ3) is 6.93. The molecule has 0 atom stereocenters. The van der Waals surface area contributed by atoms with Crippen molar-refractivity contribution in [2.24, 2.45) is 5.73 Å². The normalized spacial score (nSPS) is 11.9. The quantitative estimate of drug-likeness (QED) is 0.139. The van der Waals surface area contributed by atoms with E-state index in [2.05, 4.69) is 20.9 Å². The maximum Gasteiger partial charge on any atom is 0.351 e. The molecule has 0 saturated carbocycles. The fourth-order valence-electron chi connectivity index (χ4n) is 3.00. The third-order valence-corrected chi connectivity index (χ3v) is 6.44. The molecule has 0 fully saturated rings. The van der Waals surface area contributed by atoms with Crippen molar-refractivity contribution < 1.29 is 27.8 Å². The van der Waals surface area contributed by atoms with E-state index in [1.54, 1.807) is 0 Å². The van der Waals surface area contributed by atoms with Crippen molar-refractivity contribution in [3.05, 3.63) is 84.8 Å². The first kappa shape index (κ1) is 26.5. The number of ketones is 1. The molecule has 0 radical (unpaired) electrons. The van der Waals surface area contributed by atoms with Crippen LogP contribution in [0.15, 0.2) is 55.8 Å². The number of unbranched alkanes of at least 4 members (excludes halogenated alkanes) is 1. The van der Waals surface area contributed by atoms with Crippen molar-refractivity contribution in [3.63, 3.8) is 0 Å². The molecular weight excluding hydrogens is 546 g/mol. The highest BCUT2D eigenvalue weighted by molar-refractivity contribution is 9.10. The maximum absolute atomic E-state index is 13.4. The van der Waals surface area contributed by atoms with Gasteiger partial charge in [0.05, 0.1) is 4.88 Å². The van der Waals surface area contributed by atoms with Gasteiger partial charge in [-0.1, -0.05) is 23.5 Å². The van der Waals surface area contributed by atoms with E-state index in [1.807, 2.05) is 12.2 Å². The molecule has 3 aromatic rings. The molecule has 0 saturated heterocycles. The van der Waals surface area contributed by atoms with E-state index in [1.165, 1.54) is 25.1 Å². The van der Waals surface area contributed by atoms with E-state index < -0.39 is 34.4 Å². The summed E-state index contributed by atoms with van der Waals surface area (Å²) in [6, 6.07) is 4.34. The number of carbonyl (C=O) groups excluding carboxylic acids is 1. The van der Waals surface area contributed by atoms with E-state index in [4.69, 9.17) is 14.9 Å². The van der Waals surface area contributed by atoms with Crippen molar-refractivity contribution in [2.75, 3.05) is 6.54 Å². The van der Waals surface area contributed by atoms with Crippen LogP contribution in [-0.4, -0.2) is 22.4 Å². The SMILES string of the molecule is C/C(=C\c1sc(Oc2ccc(F)c(F)c2)nc1Br)C(=O)c1c(O)cc(CCC/C=C/CN)oc1=O. The first-order valence-corrected chi connectivity index (χ1v) is 12.0. The number of benzene rings is 1. The molecule has 184 valence electrons. The van der Waals surface area contributed by atoms with Gasteiger partial charge in [-0.25, -0.2) is 13.6 Å². The second kappa shape index (κ2) is 12.0.